The molecular weight excluding hydrogens is 194 g/mol. The van der Waals surface area contributed by atoms with Gasteiger partial charge >= 0.3 is 6.03 Å². The molecule has 2 fully saturated rings. The van der Waals surface area contributed by atoms with Crippen molar-refractivity contribution in [3.05, 3.63) is 0 Å². The summed E-state index contributed by atoms with van der Waals surface area (Å²) in [4.78, 5) is 13.7. The first-order valence-corrected chi connectivity index (χ1v) is 5.74. The van der Waals surface area contributed by atoms with Gasteiger partial charge in [0.15, 0.2) is 0 Å². The Balaban J connectivity index is 1.74. The lowest BCUT2D eigenvalue weighted by Gasteiger charge is -2.32. The van der Waals surface area contributed by atoms with Gasteiger partial charge in [0.05, 0.1) is 13.2 Å². The fraction of sp³-hybridized carbons (Fsp3) is 0.900. The second kappa shape index (κ2) is 5.32. The van der Waals surface area contributed by atoms with Gasteiger partial charge in [0.1, 0.15) is 0 Å². The molecule has 15 heavy (non-hydrogen) atoms. The summed E-state index contributed by atoms with van der Waals surface area (Å²) < 4.78 is 5.22. The Kier molecular flexibility index (Phi) is 3.80. The molecule has 2 amide bonds. The highest BCUT2D eigenvalue weighted by molar-refractivity contribution is 5.73. The van der Waals surface area contributed by atoms with E-state index in [9.17, 15) is 4.79 Å². The minimum Gasteiger partial charge on any atom is -0.379 e. The average Bonchev–Trinajstić information content (AvgIpc) is 2.31. The first kappa shape index (κ1) is 10.7. The summed E-state index contributed by atoms with van der Waals surface area (Å²) in [5.41, 5.74) is 2.93. The van der Waals surface area contributed by atoms with Gasteiger partial charge in [-0.05, 0) is 19.3 Å². The van der Waals surface area contributed by atoms with Gasteiger partial charge in [-0.25, -0.2) is 9.80 Å². The standard InChI is InChI=1S/C10H19N3O2/c14-10(12-4-2-1-3-5-12)11-13-6-8-15-9-7-13/h1-9H2,(H,11,14). The molecule has 2 saturated heterocycles. The number of carbonyl (C=O) groups excluding carboxylic acids is 1. The molecule has 0 spiro atoms. The molecule has 0 bridgehead atoms. The fourth-order valence-corrected chi connectivity index (χ4v) is 1.98. The minimum atomic E-state index is 0.0524. The lowest BCUT2D eigenvalue weighted by molar-refractivity contribution is 0.0155. The van der Waals surface area contributed by atoms with Gasteiger partial charge in [0.2, 0.25) is 0 Å². The van der Waals surface area contributed by atoms with E-state index in [-0.39, 0.29) is 6.03 Å². The quantitative estimate of drug-likeness (QED) is 0.687. The number of hydrogen-bond donors (Lipinski definition) is 1. The zero-order chi connectivity index (χ0) is 10.5. The first-order valence-electron chi connectivity index (χ1n) is 5.74. The van der Waals surface area contributed by atoms with Crippen molar-refractivity contribution in [2.45, 2.75) is 19.3 Å². The van der Waals surface area contributed by atoms with E-state index in [1.54, 1.807) is 0 Å². The van der Waals surface area contributed by atoms with Gasteiger partial charge in [-0.1, -0.05) is 0 Å². The molecular formula is C10H19N3O2. The highest BCUT2D eigenvalue weighted by Gasteiger charge is 2.19. The Hall–Kier alpha value is -0.810. The highest BCUT2D eigenvalue weighted by atomic mass is 16.5. The topological polar surface area (TPSA) is 44.8 Å². The number of rotatable bonds is 1. The minimum absolute atomic E-state index is 0.0524. The summed E-state index contributed by atoms with van der Waals surface area (Å²) in [6.45, 7) is 4.80. The second-order valence-corrected chi connectivity index (χ2v) is 4.06. The number of nitrogens with zero attached hydrogens (tertiary/aromatic N) is 2. The largest absolute Gasteiger partial charge is 0.379 e. The summed E-state index contributed by atoms with van der Waals surface area (Å²) in [5, 5.41) is 1.94. The van der Waals surface area contributed by atoms with Crippen LogP contribution in [0, 0.1) is 0 Å². The van der Waals surface area contributed by atoms with Crippen molar-refractivity contribution in [3.63, 3.8) is 0 Å². The van der Waals surface area contributed by atoms with Gasteiger partial charge in [-0.3, -0.25) is 5.43 Å². The van der Waals surface area contributed by atoms with E-state index < -0.39 is 0 Å². The molecule has 2 aliphatic heterocycles. The number of hydrazine groups is 1. The zero-order valence-electron chi connectivity index (χ0n) is 9.07. The van der Waals surface area contributed by atoms with Crippen molar-refractivity contribution in [2.75, 3.05) is 39.4 Å². The van der Waals surface area contributed by atoms with Crippen LogP contribution >= 0.6 is 0 Å². The van der Waals surface area contributed by atoms with Crippen LogP contribution in [0.15, 0.2) is 0 Å². The van der Waals surface area contributed by atoms with Crippen molar-refractivity contribution in [3.8, 4) is 0 Å². The summed E-state index contributed by atoms with van der Waals surface area (Å²) in [6, 6.07) is 0.0524. The van der Waals surface area contributed by atoms with Crippen molar-refractivity contribution >= 4 is 6.03 Å². The maximum Gasteiger partial charge on any atom is 0.331 e. The van der Waals surface area contributed by atoms with E-state index in [4.69, 9.17) is 4.74 Å². The van der Waals surface area contributed by atoms with Crippen LogP contribution in [0.25, 0.3) is 0 Å². The van der Waals surface area contributed by atoms with Crippen molar-refractivity contribution in [1.29, 1.82) is 0 Å². The third-order valence-corrected chi connectivity index (χ3v) is 2.91. The Morgan fingerprint density at radius 2 is 1.67 bits per heavy atom. The third-order valence-electron chi connectivity index (χ3n) is 2.91. The van der Waals surface area contributed by atoms with E-state index in [1.807, 2.05) is 9.91 Å². The molecule has 2 rings (SSSR count). The van der Waals surface area contributed by atoms with Crippen LogP contribution in [-0.2, 0) is 4.74 Å². The van der Waals surface area contributed by atoms with E-state index in [2.05, 4.69) is 5.43 Å². The lowest BCUT2D eigenvalue weighted by Crippen LogP contribution is -2.53. The molecule has 0 radical (unpaired) electrons. The summed E-state index contributed by atoms with van der Waals surface area (Å²) in [5.74, 6) is 0. The van der Waals surface area contributed by atoms with Crippen LogP contribution < -0.4 is 5.43 Å². The predicted molar refractivity (Wildman–Crippen MR) is 56.3 cm³/mol. The van der Waals surface area contributed by atoms with Crippen LogP contribution in [0.5, 0.6) is 0 Å². The maximum absolute atomic E-state index is 11.8. The number of urea groups is 1. The molecule has 0 aromatic heterocycles. The second-order valence-electron chi connectivity index (χ2n) is 4.06. The monoisotopic (exact) mass is 213 g/mol. The fourth-order valence-electron chi connectivity index (χ4n) is 1.98. The Morgan fingerprint density at radius 3 is 2.33 bits per heavy atom. The summed E-state index contributed by atoms with van der Waals surface area (Å²) in [6.07, 6.45) is 3.52. The molecule has 2 aliphatic rings. The number of hydrogen-bond acceptors (Lipinski definition) is 3. The number of ether oxygens (including phenoxy) is 1. The molecule has 0 aliphatic carbocycles. The number of nitrogens with one attached hydrogen (secondary N) is 1. The Morgan fingerprint density at radius 1 is 1.00 bits per heavy atom. The van der Waals surface area contributed by atoms with Gasteiger partial charge < -0.3 is 9.64 Å². The van der Waals surface area contributed by atoms with E-state index in [1.165, 1.54) is 6.42 Å². The molecule has 0 unspecified atom stereocenters. The smallest absolute Gasteiger partial charge is 0.331 e. The molecule has 2 heterocycles. The molecule has 5 heteroatoms. The first-order chi connectivity index (χ1) is 7.36. The Labute approximate surface area is 90.3 Å². The molecule has 0 aromatic carbocycles. The number of carbonyl (C=O) groups is 1. The molecule has 0 aromatic rings. The lowest BCUT2D eigenvalue weighted by atomic mass is 10.1. The van der Waals surface area contributed by atoms with E-state index >= 15 is 0 Å². The predicted octanol–water partition coefficient (Wildman–Crippen LogP) is 0.429. The SMILES string of the molecule is O=C(NN1CCOCC1)N1CCCCC1. The highest BCUT2D eigenvalue weighted by Crippen LogP contribution is 2.08. The molecule has 0 atom stereocenters. The molecule has 0 saturated carbocycles. The van der Waals surface area contributed by atoms with E-state index in [0.29, 0.717) is 13.2 Å². The number of amides is 2. The van der Waals surface area contributed by atoms with Gasteiger partial charge in [-0.15, -0.1) is 0 Å². The van der Waals surface area contributed by atoms with E-state index in [0.717, 1.165) is 39.0 Å². The molecule has 1 N–H and O–H groups in total. The van der Waals surface area contributed by atoms with Crippen LogP contribution in [0.1, 0.15) is 19.3 Å². The van der Waals surface area contributed by atoms with Gasteiger partial charge in [-0.2, -0.15) is 0 Å². The van der Waals surface area contributed by atoms with Crippen molar-refractivity contribution < 1.29 is 9.53 Å². The zero-order valence-corrected chi connectivity index (χ0v) is 9.07. The third kappa shape index (κ3) is 3.07. The van der Waals surface area contributed by atoms with Crippen LogP contribution in [0.4, 0.5) is 4.79 Å². The molecule has 5 nitrogen and oxygen atoms in total. The number of likely N-dealkylation sites (tertiary alicyclic amines) is 1. The maximum atomic E-state index is 11.8. The van der Waals surface area contributed by atoms with Gasteiger partial charge in [0, 0.05) is 26.2 Å². The van der Waals surface area contributed by atoms with Gasteiger partial charge in [0.25, 0.3) is 0 Å². The Bertz CT molecular complexity index is 211. The van der Waals surface area contributed by atoms with Crippen molar-refractivity contribution in [1.82, 2.24) is 15.3 Å². The number of piperidine rings is 1. The van der Waals surface area contributed by atoms with Crippen molar-refractivity contribution in [2.24, 2.45) is 0 Å². The normalized spacial score (nSPS) is 23.9. The number of morpholine rings is 1. The van der Waals surface area contributed by atoms with Crippen LogP contribution in [-0.4, -0.2) is 55.3 Å². The summed E-state index contributed by atoms with van der Waals surface area (Å²) >= 11 is 0. The van der Waals surface area contributed by atoms with Crippen LogP contribution in [0.2, 0.25) is 0 Å². The van der Waals surface area contributed by atoms with Crippen LogP contribution in [0.3, 0.4) is 0 Å². The average molecular weight is 213 g/mol. The summed E-state index contributed by atoms with van der Waals surface area (Å²) in [7, 11) is 0. The molecule has 86 valence electrons.